The first-order valence-electron chi connectivity index (χ1n) is 7.16. The normalized spacial score (nSPS) is 14.3. The fourth-order valence-electron chi connectivity index (χ4n) is 2.45. The molecule has 2 aromatic rings. The fraction of sp³-hybridized carbons (Fsp3) is 0.188. The van der Waals surface area contributed by atoms with Crippen molar-refractivity contribution in [1.82, 2.24) is 14.5 Å². The highest BCUT2D eigenvalue weighted by molar-refractivity contribution is 6.17. The summed E-state index contributed by atoms with van der Waals surface area (Å²) in [5.74, 6) is -0.0102. The number of hydrogen-bond acceptors (Lipinski definition) is 5. The molecule has 0 aliphatic carbocycles. The van der Waals surface area contributed by atoms with E-state index in [-0.39, 0.29) is 18.8 Å². The van der Waals surface area contributed by atoms with E-state index in [4.69, 9.17) is 5.11 Å². The lowest BCUT2D eigenvalue weighted by atomic mass is 10.2. The van der Waals surface area contributed by atoms with Gasteiger partial charge >= 0.3 is 0 Å². The minimum atomic E-state index is -0.437. The number of β-amino-alcohol motifs (C(OH)–C–C–N with tert-alkyl or cyclic N) is 1. The number of aryl methyl sites for hydroxylation is 1. The molecule has 2 heterocycles. The SMILES string of the molecule is Cc1nccn1-c1cccc(NC2=CC(=O)N(CCO)C2=O)c1. The van der Waals surface area contributed by atoms with Crippen molar-refractivity contribution in [2.75, 3.05) is 18.5 Å². The predicted octanol–water partition coefficient (Wildman–Crippen LogP) is 0.838. The highest BCUT2D eigenvalue weighted by Gasteiger charge is 2.30. The Labute approximate surface area is 132 Å². The molecule has 0 saturated heterocycles. The van der Waals surface area contributed by atoms with E-state index in [0.29, 0.717) is 5.69 Å². The Morgan fingerprint density at radius 3 is 2.83 bits per heavy atom. The van der Waals surface area contributed by atoms with Crippen LogP contribution in [0, 0.1) is 6.92 Å². The first kappa shape index (κ1) is 15.0. The van der Waals surface area contributed by atoms with Crippen molar-refractivity contribution in [3.8, 4) is 5.69 Å². The number of amides is 2. The summed E-state index contributed by atoms with van der Waals surface area (Å²) in [5.41, 5.74) is 1.78. The number of aliphatic hydroxyl groups is 1. The number of carbonyl (C=O) groups excluding carboxylic acids is 2. The van der Waals surface area contributed by atoms with Gasteiger partial charge in [0.1, 0.15) is 11.5 Å². The molecule has 2 N–H and O–H groups in total. The molecule has 3 rings (SSSR count). The minimum Gasteiger partial charge on any atom is -0.395 e. The third-order valence-electron chi connectivity index (χ3n) is 3.56. The monoisotopic (exact) mass is 312 g/mol. The summed E-state index contributed by atoms with van der Waals surface area (Å²) in [6.45, 7) is 1.64. The Kier molecular flexibility index (Phi) is 3.94. The van der Waals surface area contributed by atoms with Crippen molar-refractivity contribution < 1.29 is 14.7 Å². The molecule has 0 spiro atoms. The van der Waals surface area contributed by atoms with E-state index in [9.17, 15) is 9.59 Å². The van der Waals surface area contributed by atoms with E-state index >= 15 is 0 Å². The zero-order chi connectivity index (χ0) is 16.4. The van der Waals surface area contributed by atoms with Crippen LogP contribution in [-0.2, 0) is 9.59 Å². The first-order chi connectivity index (χ1) is 11.1. The summed E-state index contributed by atoms with van der Waals surface area (Å²) in [5, 5.41) is 11.9. The lowest BCUT2D eigenvalue weighted by Crippen LogP contribution is -2.34. The van der Waals surface area contributed by atoms with Gasteiger partial charge in [-0.25, -0.2) is 4.98 Å². The zero-order valence-corrected chi connectivity index (χ0v) is 12.6. The van der Waals surface area contributed by atoms with Gasteiger partial charge in [0.25, 0.3) is 11.8 Å². The molecule has 7 heteroatoms. The van der Waals surface area contributed by atoms with E-state index in [1.54, 1.807) is 6.20 Å². The molecule has 0 unspecified atom stereocenters. The minimum absolute atomic E-state index is 0.00633. The fourth-order valence-corrected chi connectivity index (χ4v) is 2.45. The van der Waals surface area contributed by atoms with Gasteiger partial charge in [-0.1, -0.05) is 6.07 Å². The summed E-state index contributed by atoms with van der Waals surface area (Å²) < 4.78 is 1.92. The van der Waals surface area contributed by atoms with Crippen LogP contribution in [0.15, 0.2) is 48.4 Å². The van der Waals surface area contributed by atoms with Gasteiger partial charge < -0.3 is 15.0 Å². The summed E-state index contributed by atoms with van der Waals surface area (Å²) in [6, 6.07) is 7.45. The molecule has 0 radical (unpaired) electrons. The van der Waals surface area contributed by atoms with Crippen molar-refractivity contribution in [1.29, 1.82) is 0 Å². The van der Waals surface area contributed by atoms with E-state index < -0.39 is 11.8 Å². The zero-order valence-electron chi connectivity index (χ0n) is 12.6. The van der Waals surface area contributed by atoms with E-state index in [1.807, 2.05) is 42.0 Å². The van der Waals surface area contributed by atoms with Crippen LogP contribution in [-0.4, -0.2) is 44.5 Å². The summed E-state index contributed by atoms with van der Waals surface area (Å²) in [6.07, 6.45) is 4.80. The number of imidazole rings is 1. The number of hydrogen-bond donors (Lipinski definition) is 2. The molecule has 0 bridgehead atoms. The van der Waals surface area contributed by atoms with Crippen LogP contribution in [0.5, 0.6) is 0 Å². The number of aliphatic hydroxyl groups excluding tert-OH is 1. The van der Waals surface area contributed by atoms with Gasteiger partial charge in [0.2, 0.25) is 0 Å². The topological polar surface area (TPSA) is 87.5 Å². The molecule has 2 amide bonds. The van der Waals surface area contributed by atoms with Crippen molar-refractivity contribution in [2.45, 2.75) is 6.92 Å². The Hall–Kier alpha value is -2.93. The Morgan fingerprint density at radius 1 is 1.30 bits per heavy atom. The molecule has 1 aliphatic rings. The second kappa shape index (κ2) is 6.05. The number of anilines is 1. The lowest BCUT2D eigenvalue weighted by Gasteiger charge is -2.14. The number of benzene rings is 1. The molecule has 1 aliphatic heterocycles. The number of rotatable bonds is 5. The summed E-state index contributed by atoms with van der Waals surface area (Å²) in [7, 11) is 0. The van der Waals surface area contributed by atoms with Crippen LogP contribution in [0.25, 0.3) is 5.69 Å². The molecule has 7 nitrogen and oxygen atoms in total. The van der Waals surface area contributed by atoms with Crippen molar-refractivity contribution in [2.24, 2.45) is 0 Å². The molecular formula is C16H16N4O3. The first-order valence-corrected chi connectivity index (χ1v) is 7.16. The van der Waals surface area contributed by atoms with E-state index in [2.05, 4.69) is 10.3 Å². The molecule has 118 valence electrons. The summed E-state index contributed by atoms with van der Waals surface area (Å²) >= 11 is 0. The number of carbonyl (C=O) groups is 2. The van der Waals surface area contributed by atoms with E-state index in [1.165, 1.54) is 6.08 Å². The molecule has 0 atom stereocenters. The van der Waals surface area contributed by atoms with E-state index in [0.717, 1.165) is 16.4 Å². The maximum atomic E-state index is 12.1. The smallest absolute Gasteiger partial charge is 0.277 e. The Bertz CT molecular complexity index is 794. The lowest BCUT2D eigenvalue weighted by molar-refractivity contribution is -0.137. The third kappa shape index (κ3) is 2.86. The highest BCUT2D eigenvalue weighted by Crippen LogP contribution is 2.20. The molecular weight excluding hydrogens is 296 g/mol. The largest absolute Gasteiger partial charge is 0.395 e. The number of nitrogens with zero attached hydrogens (tertiary/aromatic N) is 3. The predicted molar refractivity (Wildman–Crippen MR) is 83.8 cm³/mol. The van der Waals surface area contributed by atoms with Crippen LogP contribution < -0.4 is 5.32 Å². The average molecular weight is 312 g/mol. The van der Waals surface area contributed by atoms with Crippen LogP contribution >= 0.6 is 0 Å². The van der Waals surface area contributed by atoms with Gasteiger partial charge in [-0.2, -0.15) is 0 Å². The third-order valence-corrected chi connectivity index (χ3v) is 3.56. The van der Waals surface area contributed by atoms with Crippen LogP contribution in [0.3, 0.4) is 0 Å². The molecule has 1 aromatic heterocycles. The molecule has 0 fully saturated rings. The second-order valence-electron chi connectivity index (χ2n) is 5.10. The van der Waals surface area contributed by atoms with Gasteiger partial charge in [0.05, 0.1) is 13.2 Å². The summed E-state index contributed by atoms with van der Waals surface area (Å²) in [4.78, 5) is 29.1. The van der Waals surface area contributed by atoms with Crippen molar-refractivity contribution in [3.05, 3.63) is 54.3 Å². The average Bonchev–Trinajstić information content (AvgIpc) is 3.07. The van der Waals surface area contributed by atoms with Gasteiger partial charge in [-0.3, -0.25) is 14.5 Å². The van der Waals surface area contributed by atoms with Crippen LogP contribution in [0.2, 0.25) is 0 Å². The molecule has 0 saturated carbocycles. The number of imide groups is 1. The number of nitrogens with one attached hydrogen (secondary N) is 1. The van der Waals surface area contributed by atoms with Crippen molar-refractivity contribution >= 4 is 17.5 Å². The maximum Gasteiger partial charge on any atom is 0.277 e. The van der Waals surface area contributed by atoms with Gasteiger partial charge in [-0.15, -0.1) is 0 Å². The maximum absolute atomic E-state index is 12.1. The standard InChI is InChI=1S/C16H16N4O3/c1-11-17-5-6-19(11)13-4-2-3-12(9-13)18-14-10-15(22)20(7-8-21)16(14)23/h2-6,9-10,18,21H,7-8H2,1H3. The Balaban J connectivity index is 1.82. The molecule has 1 aromatic carbocycles. The van der Waals surface area contributed by atoms with Gasteiger partial charge in [-0.05, 0) is 25.1 Å². The number of aromatic nitrogens is 2. The highest BCUT2D eigenvalue weighted by atomic mass is 16.3. The van der Waals surface area contributed by atoms with Gasteiger partial charge in [0.15, 0.2) is 0 Å². The quantitative estimate of drug-likeness (QED) is 0.799. The van der Waals surface area contributed by atoms with Gasteiger partial charge in [0, 0.05) is 29.8 Å². The van der Waals surface area contributed by atoms with Crippen LogP contribution in [0.4, 0.5) is 5.69 Å². The molecule has 23 heavy (non-hydrogen) atoms. The Morgan fingerprint density at radius 2 is 2.13 bits per heavy atom. The van der Waals surface area contributed by atoms with Crippen LogP contribution in [0.1, 0.15) is 5.82 Å². The van der Waals surface area contributed by atoms with Crippen molar-refractivity contribution in [3.63, 3.8) is 0 Å². The second-order valence-corrected chi connectivity index (χ2v) is 5.10.